The third-order valence-electron chi connectivity index (χ3n) is 13.6. The van der Waals surface area contributed by atoms with Gasteiger partial charge in [-0.3, -0.25) is 0 Å². The van der Waals surface area contributed by atoms with Crippen molar-refractivity contribution in [2.75, 3.05) is 4.90 Å². The number of aryl methyl sites for hydroxylation is 1. The maximum atomic E-state index is 6.32. The maximum Gasteiger partial charge on any atom is 0.135 e. The maximum absolute atomic E-state index is 6.32. The first kappa shape index (κ1) is 33.1. The summed E-state index contributed by atoms with van der Waals surface area (Å²) in [6.45, 7) is 0. The van der Waals surface area contributed by atoms with Gasteiger partial charge in [0.25, 0.3) is 0 Å². The highest BCUT2D eigenvalue weighted by Crippen LogP contribution is 2.49. The van der Waals surface area contributed by atoms with Crippen LogP contribution in [0, 0.1) is 0 Å². The Balaban J connectivity index is 0.923. The fourth-order valence-corrected chi connectivity index (χ4v) is 10.9. The van der Waals surface area contributed by atoms with Crippen LogP contribution in [0.4, 0.5) is 5.69 Å². The van der Waals surface area contributed by atoms with Crippen molar-refractivity contribution in [3.05, 3.63) is 202 Å². The number of hydrogen-bond donors (Lipinski definition) is 0. The van der Waals surface area contributed by atoms with Crippen LogP contribution in [0.25, 0.3) is 39.7 Å². The molecular weight excluding hydrogens is 693 g/mol. The molecule has 0 amide bonds. The molecule has 3 aromatic carbocycles. The zero-order valence-corrected chi connectivity index (χ0v) is 32.3. The lowest BCUT2D eigenvalue weighted by molar-refractivity contribution is 0.546. The van der Waals surface area contributed by atoms with Crippen LogP contribution >= 0.6 is 0 Å². The predicted octanol–water partition coefficient (Wildman–Crippen LogP) is 13.3. The third-order valence-corrected chi connectivity index (χ3v) is 13.6. The number of aromatic nitrogens is 1. The van der Waals surface area contributed by atoms with Crippen LogP contribution in [0.15, 0.2) is 172 Å². The van der Waals surface area contributed by atoms with Gasteiger partial charge in [0.1, 0.15) is 11.3 Å². The lowest BCUT2D eigenvalue weighted by atomic mass is 9.83. The number of nitrogens with zero attached hydrogens (tertiary/aromatic N) is 2. The van der Waals surface area contributed by atoms with Gasteiger partial charge in [0.2, 0.25) is 0 Å². The lowest BCUT2D eigenvalue weighted by Crippen LogP contribution is -2.41. The van der Waals surface area contributed by atoms with Crippen molar-refractivity contribution in [1.82, 2.24) is 4.57 Å². The summed E-state index contributed by atoms with van der Waals surface area (Å²) in [7, 11) is 0. The highest BCUT2D eigenvalue weighted by atomic mass is 16.3. The van der Waals surface area contributed by atoms with Gasteiger partial charge in [0.15, 0.2) is 0 Å². The standard InChI is InChI=1S/C54H46N2O/c1-3-13-35(14-4-1)39-29-40(36-15-5-2-6-16-36)31-42(30-39)56-50-21-11-8-18-44(50)47-32-37(24-27-51(47)56)38-23-26-45-43-17-7-10-20-49(43)55(52(45)33-38)41-25-28-54-48(34-41)46-19-9-12-22-53(46)57-54/h1,3,5,7-11,13,15-21,23-29,31-32,34,38,42,44,50H,2,4,6,12,14,22,30,33H2. The summed E-state index contributed by atoms with van der Waals surface area (Å²) in [5, 5.41) is 2.53. The van der Waals surface area contributed by atoms with E-state index in [2.05, 4.69) is 167 Å². The number of anilines is 1. The molecule has 3 heteroatoms. The summed E-state index contributed by atoms with van der Waals surface area (Å²) in [5.74, 6) is 1.72. The molecule has 0 spiro atoms. The van der Waals surface area contributed by atoms with Gasteiger partial charge in [-0.15, -0.1) is 0 Å². The molecule has 1 aliphatic heterocycles. The number of fused-ring (bicyclic) bond motifs is 9. The van der Waals surface area contributed by atoms with E-state index in [-0.39, 0.29) is 12.0 Å². The molecule has 3 heterocycles. The molecule has 5 aromatic rings. The van der Waals surface area contributed by atoms with Crippen molar-refractivity contribution in [2.45, 2.75) is 75.3 Å². The smallest absolute Gasteiger partial charge is 0.135 e. The second-order valence-corrected chi connectivity index (χ2v) is 16.8. The van der Waals surface area contributed by atoms with Crippen molar-refractivity contribution >= 4 is 39.7 Å². The predicted molar refractivity (Wildman–Crippen MR) is 237 cm³/mol. The molecule has 0 saturated heterocycles. The Morgan fingerprint density at radius 2 is 1.61 bits per heavy atom. The fourth-order valence-electron chi connectivity index (χ4n) is 10.9. The van der Waals surface area contributed by atoms with E-state index in [1.54, 1.807) is 0 Å². The number of rotatable bonds is 5. The summed E-state index contributed by atoms with van der Waals surface area (Å²) in [5.41, 5.74) is 17.4. The average molecular weight is 739 g/mol. The average Bonchev–Trinajstić information content (AvgIpc) is 3.94. The van der Waals surface area contributed by atoms with Crippen LogP contribution in [0.2, 0.25) is 0 Å². The van der Waals surface area contributed by atoms with E-state index in [4.69, 9.17) is 4.42 Å². The van der Waals surface area contributed by atoms with E-state index in [0.29, 0.717) is 12.0 Å². The minimum atomic E-state index is 0.278. The summed E-state index contributed by atoms with van der Waals surface area (Å²) in [4.78, 5) is 2.76. The topological polar surface area (TPSA) is 21.3 Å². The second kappa shape index (κ2) is 13.3. The van der Waals surface area contributed by atoms with Gasteiger partial charge >= 0.3 is 0 Å². The molecule has 0 radical (unpaired) electrons. The van der Waals surface area contributed by atoms with Gasteiger partial charge in [-0.1, -0.05) is 128 Å². The molecule has 12 rings (SSSR count). The van der Waals surface area contributed by atoms with E-state index in [9.17, 15) is 0 Å². The highest BCUT2D eigenvalue weighted by Gasteiger charge is 2.41. The molecule has 0 N–H and O–H groups in total. The van der Waals surface area contributed by atoms with Crippen LogP contribution in [0.3, 0.4) is 0 Å². The van der Waals surface area contributed by atoms with E-state index in [1.807, 2.05) is 0 Å². The van der Waals surface area contributed by atoms with E-state index < -0.39 is 0 Å². The first-order valence-corrected chi connectivity index (χ1v) is 21.2. The number of allylic oxidation sites excluding steroid dienone is 14. The van der Waals surface area contributed by atoms with Crippen LogP contribution < -0.4 is 4.90 Å². The zero-order valence-electron chi connectivity index (χ0n) is 32.3. The molecule has 278 valence electrons. The first-order valence-electron chi connectivity index (χ1n) is 21.2. The summed E-state index contributed by atoms with van der Waals surface area (Å²) in [6, 6.07) is 23.7. The Kier molecular flexibility index (Phi) is 7.71. The Bertz CT molecular complexity index is 2830. The van der Waals surface area contributed by atoms with E-state index in [0.717, 1.165) is 62.7 Å². The molecule has 7 aliphatic rings. The van der Waals surface area contributed by atoms with Gasteiger partial charge in [-0.25, -0.2) is 0 Å². The minimum Gasteiger partial charge on any atom is -0.460 e. The largest absolute Gasteiger partial charge is 0.460 e. The van der Waals surface area contributed by atoms with Crippen LogP contribution in [-0.2, 0) is 12.8 Å². The van der Waals surface area contributed by atoms with Crippen molar-refractivity contribution in [3.8, 4) is 5.69 Å². The summed E-state index contributed by atoms with van der Waals surface area (Å²) < 4.78 is 8.85. The third kappa shape index (κ3) is 5.39. The first-order chi connectivity index (χ1) is 28.2. The van der Waals surface area contributed by atoms with E-state index in [1.165, 1.54) is 77.9 Å². The van der Waals surface area contributed by atoms with Gasteiger partial charge in [-0.05, 0) is 109 Å². The van der Waals surface area contributed by atoms with Gasteiger partial charge in [0, 0.05) is 57.2 Å². The normalized spacial score (nSPS) is 24.2. The van der Waals surface area contributed by atoms with Gasteiger partial charge in [0.05, 0.1) is 17.6 Å². The number of benzene rings is 3. The quantitative estimate of drug-likeness (QED) is 0.179. The second-order valence-electron chi connectivity index (χ2n) is 16.8. The number of furan rings is 1. The Labute approximate surface area is 335 Å². The number of para-hydroxylation sites is 1. The van der Waals surface area contributed by atoms with Crippen LogP contribution in [0.5, 0.6) is 0 Å². The van der Waals surface area contributed by atoms with Gasteiger partial charge < -0.3 is 13.9 Å². The molecule has 4 atom stereocenters. The highest BCUT2D eigenvalue weighted by molar-refractivity contribution is 5.95. The van der Waals surface area contributed by atoms with Crippen LogP contribution in [0.1, 0.15) is 84.1 Å². The molecule has 57 heavy (non-hydrogen) atoms. The Morgan fingerprint density at radius 1 is 0.684 bits per heavy atom. The molecular formula is C54H46N2O. The molecule has 0 saturated carbocycles. The van der Waals surface area contributed by atoms with Crippen LogP contribution in [-0.4, -0.2) is 16.7 Å². The Morgan fingerprint density at radius 3 is 2.54 bits per heavy atom. The molecule has 6 aliphatic carbocycles. The van der Waals surface area contributed by atoms with Crippen molar-refractivity contribution < 1.29 is 4.42 Å². The fraction of sp³-hybridized carbons (Fsp3) is 0.222. The molecule has 2 aromatic heterocycles. The van der Waals surface area contributed by atoms with Crippen molar-refractivity contribution in [1.29, 1.82) is 0 Å². The SMILES string of the molecule is C1=CCCC(C2=CC(C3=CCCC=C3)=CC(N3c4ccc(C5C=Cc6c(n(-c7ccc8oc9c(c8c7)C=CCC9)c7ccccc67)C5)cc4C4C=CC=CC43)C2)=C1. The summed E-state index contributed by atoms with van der Waals surface area (Å²) >= 11 is 0. The monoisotopic (exact) mass is 738 g/mol. The van der Waals surface area contributed by atoms with Crippen molar-refractivity contribution in [2.24, 2.45) is 0 Å². The molecule has 4 unspecified atom stereocenters. The van der Waals surface area contributed by atoms with E-state index >= 15 is 0 Å². The molecule has 0 bridgehead atoms. The lowest BCUT2D eigenvalue weighted by Gasteiger charge is -2.38. The zero-order chi connectivity index (χ0) is 37.5. The van der Waals surface area contributed by atoms with Crippen molar-refractivity contribution in [3.63, 3.8) is 0 Å². The molecule has 0 fully saturated rings. The minimum absolute atomic E-state index is 0.278. The Hall–Kier alpha value is -6.06. The number of hydrogen-bond acceptors (Lipinski definition) is 2. The molecule has 3 nitrogen and oxygen atoms in total. The van der Waals surface area contributed by atoms with Gasteiger partial charge in [-0.2, -0.15) is 0 Å². The summed E-state index contributed by atoms with van der Waals surface area (Å²) in [6.07, 6.45) is 46.5.